The molecule has 4 atom stereocenters. The highest BCUT2D eigenvalue weighted by Gasteiger charge is 2.50. The largest absolute Gasteiger partial charge is 0.482 e. The van der Waals surface area contributed by atoms with Crippen LogP contribution in [0, 0.1) is 17.8 Å². The van der Waals surface area contributed by atoms with Crippen LogP contribution in [0.5, 0.6) is 5.75 Å². The lowest BCUT2D eigenvalue weighted by molar-refractivity contribution is -0.122. The summed E-state index contributed by atoms with van der Waals surface area (Å²) in [6, 6.07) is 15.9. The predicted molar refractivity (Wildman–Crippen MR) is 110 cm³/mol. The average molecular weight is 391 g/mol. The number of hydrogen-bond donors (Lipinski definition) is 0. The second-order valence-corrected chi connectivity index (χ2v) is 8.13. The molecule has 0 unspecified atom stereocenters. The van der Waals surface area contributed by atoms with E-state index in [-0.39, 0.29) is 29.4 Å². The van der Waals surface area contributed by atoms with Crippen LogP contribution in [0.25, 0.3) is 0 Å². The van der Waals surface area contributed by atoms with E-state index in [9.17, 15) is 14.4 Å². The SMILES string of the molecule is C[C@@H]1CC[C@@H]2C(=O)N(c3cccc(O[C@@H](C)C(=O)c4ccccc4)c3)C(=O)[C@@H]2C1. The topological polar surface area (TPSA) is 63.7 Å². The zero-order chi connectivity index (χ0) is 20.5. The molecule has 5 nitrogen and oxygen atoms in total. The number of ether oxygens (including phenoxy) is 1. The van der Waals surface area contributed by atoms with Gasteiger partial charge in [0.1, 0.15) is 5.75 Å². The van der Waals surface area contributed by atoms with Crippen LogP contribution in [0.1, 0.15) is 43.5 Å². The van der Waals surface area contributed by atoms with Crippen molar-refractivity contribution in [2.75, 3.05) is 4.90 Å². The molecular formula is C24H25NO4. The van der Waals surface area contributed by atoms with Gasteiger partial charge in [-0.3, -0.25) is 14.4 Å². The molecule has 29 heavy (non-hydrogen) atoms. The van der Waals surface area contributed by atoms with Gasteiger partial charge in [-0.15, -0.1) is 0 Å². The number of fused-ring (bicyclic) bond motifs is 1. The Balaban J connectivity index is 1.52. The van der Waals surface area contributed by atoms with E-state index in [1.54, 1.807) is 43.3 Å². The molecule has 2 aliphatic rings. The summed E-state index contributed by atoms with van der Waals surface area (Å²) in [4.78, 5) is 39.7. The number of anilines is 1. The Labute approximate surface area is 170 Å². The lowest BCUT2D eigenvalue weighted by Crippen LogP contribution is -2.31. The number of benzene rings is 2. The van der Waals surface area contributed by atoms with Crippen molar-refractivity contribution < 1.29 is 19.1 Å². The molecule has 1 aliphatic carbocycles. The monoisotopic (exact) mass is 391 g/mol. The Morgan fingerprint density at radius 2 is 1.72 bits per heavy atom. The fourth-order valence-corrected chi connectivity index (χ4v) is 4.43. The molecule has 4 rings (SSSR count). The summed E-state index contributed by atoms with van der Waals surface area (Å²) < 4.78 is 5.84. The molecule has 1 saturated carbocycles. The zero-order valence-electron chi connectivity index (χ0n) is 16.7. The number of amides is 2. The van der Waals surface area contributed by atoms with Crippen molar-refractivity contribution in [1.29, 1.82) is 0 Å². The molecule has 1 heterocycles. The van der Waals surface area contributed by atoms with Crippen molar-refractivity contribution >= 4 is 23.3 Å². The van der Waals surface area contributed by atoms with Gasteiger partial charge >= 0.3 is 0 Å². The highest BCUT2D eigenvalue weighted by molar-refractivity contribution is 6.22. The molecular weight excluding hydrogens is 366 g/mol. The van der Waals surface area contributed by atoms with Gasteiger partial charge in [-0.1, -0.05) is 43.3 Å². The number of ketones is 1. The van der Waals surface area contributed by atoms with Gasteiger partial charge in [0.25, 0.3) is 0 Å². The summed E-state index contributed by atoms with van der Waals surface area (Å²) in [5.41, 5.74) is 1.10. The van der Waals surface area contributed by atoms with Crippen molar-refractivity contribution in [2.45, 2.75) is 39.2 Å². The molecule has 1 aliphatic heterocycles. The molecule has 0 radical (unpaired) electrons. The molecule has 0 N–H and O–H groups in total. The minimum atomic E-state index is -0.680. The fourth-order valence-electron chi connectivity index (χ4n) is 4.43. The molecule has 2 aromatic carbocycles. The maximum absolute atomic E-state index is 12.9. The Hall–Kier alpha value is -2.95. The molecule has 5 heteroatoms. The minimum Gasteiger partial charge on any atom is -0.482 e. The van der Waals surface area contributed by atoms with Crippen LogP contribution in [0.4, 0.5) is 5.69 Å². The second kappa shape index (κ2) is 7.82. The van der Waals surface area contributed by atoms with Crippen LogP contribution in [-0.4, -0.2) is 23.7 Å². The smallest absolute Gasteiger partial charge is 0.237 e. The van der Waals surface area contributed by atoms with Gasteiger partial charge in [-0.25, -0.2) is 4.90 Å². The van der Waals surface area contributed by atoms with E-state index >= 15 is 0 Å². The first-order valence-corrected chi connectivity index (χ1v) is 10.2. The first-order chi connectivity index (χ1) is 14.0. The zero-order valence-corrected chi connectivity index (χ0v) is 16.7. The van der Waals surface area contributed by atoms with E-state index in [4.69, 9.17) is 4.74 Å². The number of imide groups is 1. The molecule has 150 valence electrons. The summed E-state index contributed by atoms with van der Waals surface area (Å²) >= 11 is 0. The first kappa shape index (κ1) is 19.4. The summed E-state index contributed by atoms with van der Waals surface area (Å²) in [6.45, 7) is 3.83. The molecule has 1 saturated heterocycles. The lowest BCUT2D eigenvalue weighted by atomic mass is 9.76. The summed E-state index contributed by atoms with van der Waals surface area (Å²) in [5.74, 6) is 0.158. The van der Waals surface area contributed by atoms with Gasteiger partial charge in [0.05, 0.1) is 17.5 Å². The van der Waals surface area contributed by atoms with Crippen molar-refractivity contribution in [3.63, 3.8) is 0 Å². The molecule has 2 aromatic rings. The standard InChI is InChI=1S/C24H25NO4/c1-15-11-12-20-21(13-15)24(28)25(23(20)27)18-9-6-10-19(14-18)29-16(2)22(26)17-7-4-3-5-8-17/h3-10,14-16,20-21H,11-13H2,1-2H3/t15-,16+,20+,21-/m1/s1. The third kappa shape index (κ3) is 3.69. The highest BCUT2D eigenvalue weighted by Crippen LogP contribution is 2.42. The number of hydrogen-bond acceptors (Lipinski definition) is 4. The lowest BCUT2D eigenvalue weighted by Gasteiger charge is -2.25. The van der Waals surface area contributed by atoms with E-state index in [0.29, 0.717) is 22.9 Å². The van der Waals surface area contributed by atoms with Crippen LogP contribution < -0.4 is 9.64 Å². The van der Waals surface area contributed by atoms with Gasteiger partial charge in [0.2, 0.25) is 17.6 Å². The van der Waals surface area contributed by atoms with Crippen LogP contribution in [0.2, 0.25) is 0 Å². The van der Waals surface area contributed by atoms with Crippen LogP contribution in [0.15, 0.2) is 54.6 Å². The molecule has 0 aromatic heterocycles. The van der Waals surface area contributed by atoms with Crippen molar-refractivity contribution in [2.24, 2.45) is 17.8 Å². The Morgan fingerprint density at radius 3 is 2.48 bits per heavy atom. The number of carbonyl (C=O) groups excluding carboxylic acids is 3. The minimum absolute atomic E-state index is 0.113. The van der Waals surface area contributed by atoms with Crippen LogP contribution in [-0.2, 0) is 9.59 Å². The summed E-state index contributed by atoms with van der Waals surface area (Å²) in [5, 5.41) is 0. The molecule has 0 bridgehead atoms. The van der Waals surface area contributed by atoms with E-state index < -0.39 is 6.10 Å². The van der Waals surface area contributed by atoms with Crippen LogP contribution in [0.3, 0.4) is 0 Å². The number of Topliss-reactive ketones (excluding diaryl/α,β-unsaturated/α-hetero) is 1. The van der Waals surface area contributed by atoms with Gasteiger partial charge < -0.3 is 4.74 Å². The Morgan fingerprint density at radius 1 is 1.00 bits per heavy atom. The third-order valence-electron chi connectivity index (χ3n) is 6.00. The van der Waals surface area contributed by atoms with Gasteiger partial charge in [0, 0.05) is 11.6 Å². The fraction of sp³-hybridized carbons (Fsp3) is 0.375. The molecule has 2 fully saturated rings. The predicted octanol–water partition coefficient (Wildman–Crippen LogP) is 4.26. The van der Waals surface area contributed by atoms with Gasteiger partial charge in [0.15, 0.2) is 6.10 Å². The summed E-state index contributed by atoms with van der Waals surface area (Å²) in [7, 11) is 0. The van der Waals surface area contributed by atoms with Crippen molar-refractivity contribution in [3.05, 3.63) is 60.2 Å². The maximum Gasteiger partial charge on any atom is 0.237 e. The normalized spacial score (nSPS) is 24.9. The van der Waals surface area contributed by atoms with Crippen molar-refractivity contribution in [3.8, 4) is 5.75 Å². The average Bonchev–Trinajstić information content (AvgIpc) is 2.98. The second-order valence-electron chi connectivity index (χ2n) is 8.13. The molecule has 0 spiro atoms. The van der Waals surface area contributed by atoms with Crippen LogP contribution >= 0.6 is 0 Å². The Bertz CT molecular complexity index is 939. The first-order valence-electron chi connectivity index (χ1n) is 10.2. The molecule has 2 amide bonds. The van der Waals surface area contributed by atoms with E-state index in [1.165, 1.54) is 4.90 Å². The summed E-state index contributed by atoms with van der Waals surface area (Å²) in [6.07, 6.45) is 1.84. The Kier molecular flexibility index (Phi) is 5.22. The highest BCUT2D eigenvalue weighted by atomic mass is 16.5. The van der Waals surface area contributed by atoms with Crippen molar-refractivity contribution in [1.82, 2.24) is 0 Å². The van der Waals surface area contributed by atoms with Gasteiger partial charge in [-0.2, -0.15) is 0 Å². The number of rotatable bonds is 5. The van der Waals surface area contributed by atoms with E-state index in [2.05, 4.69) is 6.92 Å². The quantitative estimate of drug-likeness (QED) is 0.564. The number of carbonyl (C=O) groups is 3. The third-order valence-corrected chi connectivity index (χ3v) is 6.00. The van der Waals surface area contributed by atoms with Gasteiger partial charge in [-0.05, 0) is 44.2 Å². The number of nitrogens with zero attached hydrogens (tertiary/aromatic N) is 1. The van der Waals surface area contributed by atoms with E-state index in [0.717, 1.165) is 19.3 Å². The van der Waals surface area contributed by atoms with E-state index in [1.807, 2.05) is 18.2 Å². The maximum atomic E-state index is 12.9.